The van der Waals surface area contributed by atoms with E-state index in [0.717, 1.165) is 21.3 Å². The van der Waals surface area contributed by atoms with E-state index in [0.29, 0.717) is 18.8 Å². The number of nitrogen functional groups attached to an aromatic ring is 1. The normalized spacial score (nSPS) is 13.4. The van der Waals surface area contributed by atoms with Crippen LogP contribution in [0.1, 0.15) is 21.6 Å². The van der Waals surface area contributed by atoms with Crippen LogP contribution in [0.5, 0.6) is 0 Å². The highest BCUT2D eigenvalue weighted by molar-refractivity contribution is 9.10. The zero-order valence-electron chi connectivity index (χ0n) is 10.1. The Balaban J connectivity index is 1.82. The van der Waals surface area contributed by atoms with Crippen molar-refractivity contribution in [2.75, 3.05) is 5.73 Å². The number of hydrogen-bond acceptors (Lipinski definition) is 3. The van der Waals surface area contributed by atoms with Gasteiger partial charge in [0.15, 0.2) is 0 Å². The molecule has 0 bridgehead atoms. The number of rotatable bonds is 1. The van der Waals surface area contributed by atoms with E-state index in [1.54, 1.807) is 17.2 Å². The van der Waals surface area contributed by atoms with Crippen molar-refractivity contribution in [3.05, 3.63) is 57.8 Å². The molecule has 0 unspecified atom stereocenters. The summed E-state index contributed by atoms with van der Waals surface area (Å²) >= 11 is 3.31. The standard InChI is InChI=1S/C14H12BrN3O/c15-11-2-4-13(17-6-11)14(19)18-7-9-1-3-12(16)5-10(9)8-18/h1-6H,7-8,16H2. The van der Waals surface area contributed by atoms with Gasteiger partial charge in [0.2, 0.25) is 0 Å². The Kier molecular flexibility index (Phi) is 2.98. The van der Waals surface area contributed by atoms with Gasteiger partial charge in [-0.1, -0.05) is 6.07 Å². The van der Waals surface area contributed by atoms with Crippen LogP contribution in [0.3, 0.4) is 0 Å². The number of nitrogens with two attached hydrogens (primary N) is 1. The van der Waals surface area contributed by atoms with Crippen molar-refractivity contribution in [1.29, 1.82) is 0 Å². The minimum atomic E-state index is -0.0535. The van der Waals surface area contributed by atoms with Crippen LogP contribution in [-0.2, 0) is 13.1 Å². The van der Waals surface area contributed by atoms with Gasteiger partial charge in [0.05, 0.1) is 0 Å². The third-order valence-electron chi connectivity index (χ3n) is 3.19. The topological polar surface area (TPSA) is 59.2 Å². The molecule has 4 nitrogen and oxygen atoms in total. The van der Waals surface area contributed by atoms with E-state index in [4.69, 9.17) is 5.73 Å². The Morgan fingerprint density at radius 3 is 2.74 bits per heavy atom. The lowest BCUT2D eigenvalue weighted by Crippen LogP contribution is -2.26. The SMILES string of the molecule is Nc1ccc2c(c1)CN(C(=O)c1ccc(Br)cn1)C2. The Bertz CT molecular complexity index is 640. The highest BCUT2D eigenvalue weighted by Gasteiger charge is 2.24. The van der Waals surface area contributed by atoms with Crippen molar-refractivity contribution in [3.8, 4) is 0 Å². The molecule has 1 aromatic carbocycles. The van der Waals surface area contributed by atoms with Crippen LogP contribution < -0.4 is 5.73 Å². The van der Waals surface area contributed by atoms with Crippen LogP contribution >= 0.6 is 15.9 Å². The second-order valence-electron chi connectivity index (χ2n) is 4.55. The van der Waals surface area contributed by atoms with Gasteiger partial charge in [-0.05, 0) is 51.3 Å². The minimum Gasteiger partial charge on any atom is -0.399 e. The predicted octanol–water partition coefficient (Wildman–Crippen LogP) is 2.58. The molecule has 1 amide bonds. The van der Waals surface area contributed by atoms with Gasteiger partial charge >= 0.3 is 0 Å². The largest absolute Gasteiger partial charge is 0.399 e. The molecule has 0 aliphatic carbocycles. The van der Waals surface area contributed by atoms with Crippen molar-refractivity contribution in [2.45, 2.75) is 13.1 Å². The Morgan fingerprint density at radius 2 is 2.00 bits per heavy atom. The van der Waals surface area contributed by atoms with Gasteiger partial charge in [0, 0.05) is 29.4 Å². The highest BCUT2D eigenvalue weighted by atomic mass is 79.9. The summed E-state index contributed by atoms with van der Waals surface area (Å²) in [5.41, 5.74) is 9.22. The van der Waals surface area contributed by atoms with Crippen molar-refractivity contribution in [1.82, 2.24) is 9.88 Å². The van der Waals surface area contributed by atoms with Crippen LogP contribution in [0.15, 0.2) is 41.0 Å². The van der Waals surface area contributed by atoms with Crippen molar-refractivity contribution >= 4 is 27.5 Å². The van der Waals surface area contributed by atoms with Gasteiger partial charge in [-0.2, -0.15) is 0 Å². The Morgan fingerprint density at radius 1 is 1.21 bits per heavy atom. The van der Waals surface area contributed by atoms with E-state index in [9.17, 15) is 4.79 Å². The first-order valence-electron chi connectivity index (χ1n) is 5.91. The van der Waals surface area contributed by atoms with E-state index in [2.05, 4.69) is 20.9 Å². The molecule has 0 radical (unpaired) electrons. The van der Waals surface area contributed by atoms with Crippen molar-refractivity contribution in [2.24, 2.45) is 0 Å². The van der Waals surface area contributed by atoms with Crippen LogP contribution in [0, 0.1) is 0 Å². The lowest BCUT2D eigenvalue weighted by molar-refractivity contribution is 0.0745. The van der Waals surface area contributed by atoms with Gasteiger partial charge in [0.25, 0.3) is 5.91 Å². The summed E-state index contributed by atoms with van der Waals surface area (Å²) in [5.74, 6) is -0.0535. The number of aromatic nitrogens is 1. The van der Waals surface area contributed by atoms with E-state index >= 15 is 0 Å². The minimum absolute atomic E-state index is 0.0535. The number of nitrogens with zero attached hydrogens (tertiary/aromatic N) is 2. The smallest absolute Gasteiger partial charge is 0.273 e. The fourth-order valence-corrected chi connectivity index (χ4v) is 2.46. The quantitative estimate of drug-likeness (QED) is 0.822. The lowest BCUT2D eigenvalue weighted by atomic mass is 10.1. The van der Waals surface area contributed by atoms with E-state index in [1.165, 1.54) is 0 Å². The lowest BCUT2D eigenvalue weighted by Gasteiger charge is -2.14. The molecule has 2 heterocycles. The molecular formula is C14H12BrN3O. The molecule has 1 aliphatic heterocycles. The first kappa shape index (κ1) is 12.2. The molecule has 5 heteroatoms. The second kappa shape index (κ2) is 4.66. The maximum atomic E-state index is 12.3. The summed E-state index contributed by atoms with van der Waals surface area (Å²) in [4.78, 5) is 18.2. The zero-order chi connectivity index (χ0) is 13.4. The number of pyridine rings is 1. The van der Waals surface area contributed by atoms with Crippen LogP contribution in [0.2, 0.25) is 0 Å². The maximum Gasteiger partial charge on any atom is 0.273 e. The summed E-state index contributed by atoms with van der Waals surface area (Å²) in [6, 6.07) is 9.32. The van der Waals surface area contributed by atoms with E-state index < -0.39 is 0 Å². The van der Waals surface area contributed by atoms with Gasteiger partial charge in [-0.3, -0.25) is 4.79 Å². The van der Waals surface area contributed by atoms with E-state index in [1.807, 2.05) is 24.3 Å². The van der Waals surface area contributed by atoms with Crippen LogP contribution in [0.4, 0.5) is 5.69 Å². The molecule has 2 aromatic rings. The van der Waals surface area contributed by atoms with Gasteiger partial charge in [0.1, 0.15) is 5.69 Å². The molecule has 0 fully saturated rings. The number of halogens is 1. The Hall–Kier alpha value is -1.88. The summed E-state index contributed by atoms with van der Waals surface area (Å²) in [6.45, 7) is 1.21. The summed E-state index contributed by atoms with van der Waals surface area (Å²) in [7, 11) is 0. The van der Waals surface area contributed by atoms with Crippen LogP contribution in [-0.4, -0.2) is 15.8 Å². The van der Waals surface area contributed by atoms with Gasteiger partial charge in [-0.15, -0.1) is 0 Å². The maximum absolute atomic E-state index is 12.3. The average molecular weight is 318 g/mol. The molecule has 19 heavy (non-hydrogen) atoms. The molecule has 0 atom stereocenters. The van der Waals surface area contributed by atoms with Crippen LogP contribution in [0.25, 0.3) is 0 Å². The highest BCUT2D eigenvalue weighted by Crippen LogP contribution is 2.25. The molecule has 0 saturated heterocycles. The number of carbonyl (C=O) groups is 1. The first-order chi connectivity index (χ1) is 9.13. The third kappa shape index (κ3) is 2.33. The first-order valence-corrected chi connectivity index (χ1v) is 6.71. The summed E-state index contributed by atoms with van der Waals surface area (Å²) < 4.78 is 0.863. The number of anilines is 1. The number of hydrogen-bond donors (Lipinski definition) is 1. The summed E-state index contributed by atoms with van der Waals surface area (Å²) in [5, 5.41) is 0. The van der Waals surface area contributed by atoms with Crippen molar-refractivity contribution in [3.63, 3.8) is 0 Å². The van der Waals surface area contributed by atoms with E-state index in [-0.39, 0.29) is 5.91 Å². The molecule has 0 spiro atoms. The molecule has 1 aromatic heterocycles. The summed E-state index contributed by atoms with van der Waals surface area (Å²) in [6.07, 6.45) is 1.63. The predicted molar refractivity (Wildman–Crippen MR) is 76.4 cm³/mol. The van der Waals surface area contributed by atoms with Crippen molar-refractivity contribution < 1.29 is 4.79 Å². The average Bonchev–Trinajstić information content (AvgIpc) is 2.81. The van der Waals surface area contributed by atoms with Gasteiger partial charge in [-0.25, -0.2) is 4.98 Å². The van der Waals surface area contributed by atoms with Gasteiger partial charge < -0.3 is 10.6 Å². The molecular weight excluding hydrogens is 306 g/mol. The second-order valence-corrected chi connectivity index (χ2v) is 5.47. The fraction of sp³-hybridized carbons (Fsp3) is 0.143. The molecule has 96 valence electrons. The Labute approximate surface area is 119 Å². The number of fused-ring (bicyclic) bond motifs is 1. The molecule has 2 N–H and O–H groups in total. The third-order valence-corrected chi connectivity index (χ3v) is 3.66. The number of amides is 1. The molecule has 0 saturated carbocycles. The molecule has 1 aliphatic rings. The fourth-order valence-electron chi connectivity index (χ4n) is 2.22. The number of carbonyl (C=O) groups excluding carboxylic acids is 1. The monoisotopic (exact) mass is 317 g/mol. The molecule has 3 rings (SSSR count). The zero-order valence-corrected chi connectivity index (χ0v) is 11.7. The number of benzene rings is 1.